The molecule has 1 aromatic heterocycles. The molecule has 0 aliphatic heterocycles. The zero-order chi connectivity index (χ0) is 21.7. The van der Waals surface area contributed by atoms with Crippen molar-refractivity contribution in [3.8, 4) is 11.3 Å². The van der Waals surface area contributed by atoms with E-state index in [-0.39, 0.29) is 11.6 Å². The van der Waals surface area contributed by atoms with E-state index in [1.54, 1.807) is 48.5 Å². The fourth-order valence-electron chi connectivity index (χ4n) is 2.69. The van der Waals surface area contributed by atoms with Crippen LogP contribution in [-0.2, 0) is 4.79 Å². The first-order valence-electron chi connectivity index (χ1n) is 9.48. The number of furan rings is 1. The van der Waals surface area contributed by atoms with Gasteiger partial charge in [-0.3, -0.25) is 9.59 Å². The first-order chi connectivity index (χ1) is 14.2. The molecule has 6 heteroatoms. The molecule has 2 N–H and O–H groups in total. The highest BCUT2D eigenvalue weighted by Crippen LogP contribution is 2.25. The van der Waals surface area contributed by atoms with Crippen LogP contribution in [0.5, 0.6) is 0 Å². The fourth-order valence-corrected chi connectivity index (χ4v) is 2.82. The largest absolute Gasteiger partial charge is 0.457 e. The van der Waals surface area contributed by atoms with E-state index < -0.39 is 11.4 Å². The van der Waals surface area contributed by atoms with Crippen LogP contribution in [-0.4, -0.2) is 17.4 Å². The second-order valence-corrected chi connectivity index (χ2v) is 8.23. The van der Waals surface area contributed by atoms with Crippen molar-refractivity contribution >= 4 is 29.5 Å². The molecule has 5 nitrogen and oxygen atoms in total. The van der Waals surface area contributed by atoms with E-state index in [2.05, 4.69) is 10.6 Å². The van der Waals surface area contributed by atoms with Gasteiger partial charge in [0.1, 0.15) is 17.2 Å². The van der Waals surface area contributed by atoms with Crippen LogP contribution in [0.2, 0.25) is 5.02 Å². The van der Waals surface area contributed by atoms with Crippen molar-refractivity contribution in [2.24, 2.45) is 0 Å². The van der Waals surface area contributed by atoms with E-state index in [4.69, 9.17) is 16.0 Å². The quantitative estimate of drug-likeness (QED) is 0.549. The number of hydrogen-bond acceptors (Lipinski definition) is 3. The number of halogens is 1. The smallest absolute Gasteiger partial charge is 0.268 e. The summed E-state index contributed by atoms with van der Waals surface area (Å²) in [7, 11) is 0. The number of carbonyl (C=O) groups excluding carboxylic acids is 2. The average molecular weight is 423 g/mol. The molecule has 2 amide bonds. The molecule has 30 heavy (non-hydrogen) atoms. The van der Waals surface area contributed by atoms with Crippen LogP contribution in [0, 0.1) is 0 Å². The van der Waals surface area contributed by atoms with Gasteiger partial charge >= 0.3 is 0 Å². The maximum absolute atomic E-state index is 12.8. The van der Waals surface area contributed by atoms with E-state index >= 15 is 0 Å². The lowest BCUT2D eigenvalue weighted by Gasteiger charge is -2.21. The lowest BCUT2D eigenvalue weighted by molar-refractivity contribution is -0.119. The molecule has 154 valence electrons. The van der Waals surface area contributed by atoms with E-state index in [0.717, 1.165) is 5.56 Å². The first-order valence-corrected chi connectivity index (χ1v) is 9.85. The summed E-state index contributed by atoms with van der Waals surface area (Å²) in [6, 6.07) is 19.5. The van der Waals surface area contributed by atoms with Gasteiger partial charge in [-0.15, -0.1) is 0 Å². The summed E-state index contributed by atoms with van der Waals surface area (Å²) in [6.07, 6.45) is 1.52. The second kappa shape index (κ2) is 9.01. The molecule has 0 unspecified atom stereocenters. The molecule has 0 atom stereocenters. The number of carbonyl (C=O) groups is 2. The Labute approximate surface area is 180 Å². The Morgan fingerprint density at radius 1 is 0.933 bits per heavy atom. The zero-order valence-electron chi connectivity index (χ0n) is 17.0. The Bertz CT molecular complexity index is 1060. The van der Waals surface area contributed by atoms with Crippen LogP contribution < -0.4 is 10.6 Å². The van der Waals surface area contributed by atoms with Crippen molar-refractivity contribution in [3.63, 3.8) is 0 Å². The normalized spacial score (nSPS) is 11.8. The highest BCUT2D eigenvalue weighted by molar-refractivity contribution is 6.30. The van der Waals surface area contributed by atoms with Crippen molar-refractivity contribution in [1.29, 1.82) is 0 Å². The van der Waals surface area contributed by atoms with Crippen LogP contribution in [0.25, 0.3) is 17.4 Å². The topological polar surface area (TPSA) is 71.3 Å². The Morgan fingerprint density at radius 2 is 1.60 bits per heavy atom. The Hall–Kier alpha value is -3.31. The van der Waals surface area contributed by atoms with E-state index in [1.807, 2.05) is 39.0 Å². The van der Waals surface area contributed by atoms with Gasteiger partial charge in [0, 0.05) is 27.8 Å². The van der Waals surface area contributed by atoms with Gasteiger partial charge in [-0.25, -0.2) is 0 Å². The number of benzene rings is 2. The molecule has 1 heterocycles. The van der Waals surface area contributed by atoms with Gasteiger partial charge in [0.2, 0.25) is 0 Å². The number of amides is 2. The molecule has 0 spiro atoms. The maximum Gasteiger partial charge on any atom is 0.268 e. The van der Waals surface area contributed by atoms with Crippen LogP contribution >= 0.6 is 11.6 Å². The van der Waals surface area contributed by atoms with Crippen molar-refractivity contribution in [3.05, 3.63) is 88.8 Å². The second-order valence-electron chi connectivity index (χ2n) is 7.79. The molecule has 0 aliphatic rings. The molecule has 3 rings (SSSR count). The monoisotopic (exact) mass is 422 g/mol. The molecule has 0 radical (unpaired) electrons. The average Bonchev–Trinajstić information content (AvgIpc) is 3.16. The molecular formula is C24H23ClN2O3. The van der Waals surface area contributed by atoms with Gasteiger partial charge in [-0.05, 0) is 69.3 Å². The van der Waals surface area contributed by atoms with Gasteiger partial charge in [0.05, 0.1) is 0 Å². The lowest BCUT2D eigenvalue weighted by Crippen LogP contribution is -2.44. The highest BCUT2D eigenvalue weighted by atomic mass is 35.5. The highest BCUT2D eigenvalue weighted by Gasteiger charge is 2.20. The number of nitrogens with one attached hydrogen (secondary N) is 2. The van der Waals surface area contributed by atoms with Crippen LogP contribution in [0.3, 0.4) is 0 Å². The van der Waals surface area contributed by atoms with Crippen molar-refractivity contribution in [2.75, 3.05) is 0 Å². The van der Waals surface area contributed by atoms with Gasteiger partial charge in [-0.2, -0.15) is 0 Å². The Kier molecular flexibility index (Phi) is 6.43. The van der Waals surface area contributed by atoms with Crippen molar-refractivity contribution in [1.82, 2.24) is 10.6 Å². The molecule has 0 fully saturated rings. The standard InChI is InChI=1S/C24H23ClN2O3/c1-24(2,3)27-23(29)20(26-22(28)17-7-5-4-6-8-17)15-19-13-14-21(30-19)16-9-11-18(25)12-10-16/h4-15H,1-3H3,(H,26,28)(H,27,29)/b20-15+. The predicted molar refractivity (Wildman–Crippen MR) is 119 cm³/mol. The molecule has 0 bridgehead atoms. The fraction of sp³-hybridized carbons (Fsp3) is 0.167. The Balaban J connectivity index is 1.89. The molecule has 0 saturated carbocycles. The molecule has 2 aromatic carbocycles. The van der Waals surface area contributed by atoms with E-state index in [0.29, 0.717) is 22.1 Å². The third-order valence-electron chi connectivity index (χ3n) is 4.06. The minimum atomic E-state index is -0.467. The molecule has 3 aromatic rings. The van der Waals surface area contributed by atoms with Crippen LogP contribution in [0.15, 0.2) is 76.8 Å². The zero-order valence-corrected chi connectivity index (χ0v) is 17.8. The summed E-state index contributed by atoms with van der Waals surface area (Å²) in [5, 5.41) is 6.19. The third kappa shape index (κ3) is 5.84. The maximum atomic E-state index is 12.8. The van der Waals surface area contributed by atoms with Crippen molar-refractivity contribution in [2.45, 2.75) is 26.3 Å². The predicted octanol–water partition coefficient (Wildman–Crippen LogP) is 5.29. The summed E-state index contributed by atoms with van der Waals surface area (Å²) < 4.78 is 5.86. The van der Waals surface area contributed by atoms with Crippen LogP contribution in [0.1, 0.15) is 36.9 Å². The summed E-state index contributed by atoms with van der Waals surface area (Å²) >= 11 is 5.93. The summed E-state index contributed by atoms with van der Waals surface area (Å²) in [4.78, 5) is 25.4. The van der Waals surface area contributed by atoms with Gasteiger partial charge in [-0.1, -0.05) is 29.8 Å². The summed E-state index contributed by atoms with van der Waals surface area (Å²) in [6.45, 7) is 5.60. The lowest BCUT2D eigenvalue weighted by atomic mass is 10.1. The summed E-state index contributed by atoms with van der Waals surface area (Å²) in [5.74, 6) is 0.280. The molecular weight excluding hydrogens is 400 g/mol. The van der Waals surface area contributed by atoms with Gasteiger partial charge in [0.15, 0.2) is 0 Å². The molecule has 0 aliphatic carbocycles. The van der Waals surface area contributed by atoms with Crippen LogP contribution in [0.4, 0.5) is 0 Å². The van der Waals surface area contributed by atoms with E-state index in [9.17, 15) is 9.59 Å². The van der Waals surface area contributed by atoms with Gasteiger partial charge < -0.3 is 15.1 Å². The molecule has 0 saturated heterocycles. The Morgan fingerprint density at radius 3 is 2.23 bits per heavy atom. The first kappa shape index (κ1) is 21.4. The number of hydrogen-bond donors (Lipinski definition) is 2. The van der Waals surface area contributed by atoms with Crippen molar-refractivity contribution < 1.29 is 14.0 Å². The number of rotatable bonds is 5. The van der Waals surface area contributed by atoms with Gasteiger partial charge in [0.25, 0.3) is 11.8 Å². The SMILES string of the molecule is CC(C)(C)NC(=O)/C(=C\c1ccc(-c2ccc(Cl)cc2)o1)NC(=O)c1ccccc1. The summed E-state index contributed by atoms with van der Waals surface area (Å²) in [5.41, 5.74) is 0.933. The van der Waals surface area contributed by atoms with E-state index in [1.165, 1.54) is 6.08 Å². The minimum Gasteiger partial charge on any atom is -0.457 e. The third-order valence-corrected chi connectivity index (χ3v) is 4.31. The minimum absolute atomic E-state index is 0.0933.